The van der Waals surface area contributed by atoms with E-state index in [0.717, 1.165) is 23.4 Å². The van der Waals surface area contributed by atoms with Gasteiger partial charge in [0.25, 0.3) is 0 Å². The van der Waals surface area contributed by atoms with E-state index in [1.54, 1.807) is 35.3 Å². The molecule has 1 amide bonds. The van der Waals surface area contributed by atoms with E-state index in [0.29, 0.717) is 18.8 Å². The van der Waals surface area contributed by atoms with Crippen molar-refractivity contribution in [2.45, 2.75) is 12.8 Å². The average Bonchev–Trinajstić information content (AvgIpc) is 3.31. The van der Waals surface area contributed by atoms with Gasteiger partial charge in [0.1, 0.15) is 19.0 Å². The zero-order chi connectivity index (χ0) is 20.4. The van der Waals surface area contributed by atoms with Crippen molar-refractivity contribution < 1.29 is 22.7 Å². The van der Waals surface area contributed by atoms with Gasteiger partial charge in [0.2, 0.25) is 5.95 Å². The van der Waals surface area contributed by atoms with Gasteiger partial charge in [-0.05, 0) is 23.8 Å². The normalized spacial score (nSPS) is 14.2. The third-order valence-corrected chi connectivity index (χ3v) is 4.19. The van der Waals surface area contributed by atoms with Gasteiger partial charge in [-0.2, -0.15) is 18.3 Å². The zero-order valence-corrected chi connectivity index (χ0v) is 14.9. The van der Waals surface area contributed by atoms with Crippen LogP contribution in [0.3, 0.4) is 0 Å². The van der Waals surface area contributed by atoms with Crippen molar-refractivity contribution in [3.05, 3.63) is 54.6 Å². The smallest absolute Gasteiger partial charge is 0.433 e. The first-order valence-electron chi connectivity index (χ1n) is 8.60. The van der Waals surface area contributed by atoms with Crippen LogP contribution in [0, 0.1) is 0 Å². The van der Waals surface area contributed by atoms with Crippen molar-refractivity contribution in [2.24, 2.45) is 0 Å². The fraction of sp³-hybridized carbons (Fsp3) is 0.222. The van der Waals surface area contributed by atoms with Crippen molar-refractivity contribution in [3.8, 4) is 11.1 Å². The topological polar surface area (TPSA) is 85.2 Å². The fourth-order valence-corrected chi connectivity index (χ4v) is 2.80. The van der Waals surface area contributed by atoms with E-state index in [4.69, 9.17) is 4.74 Å². The summed E-state index contributed by atoms with van der Waals surface area (Å²) < 4.78 is 44.9. The molecule has 0 unspecified atom stereocenters. The van der Waals surface area contributed by atoms with Crippen LogP contribution in [0.1, 0.15) is 5.69 Å². The van der Waals surface area contributed by atoms with Gasteiger partial charge in [0.05, 0.1) is 12.7 Å². The molecule has 29 heavy (non-hydrogen) atoms. The minimum atomic E-state index is -4.54. The van der Waals surface area contributed by atoms with Gasteiger partial charge in [-0.3, -0.25) is 9.58 Å². The first kappa shape index (κ1) is 18.7. The van der Waals surface area contributed by atoms with Crippen molar-refractivity contribution in [1.29, 1.82) is 0 Å². The fourth-order valence-electron chi connectivity index (χ4n) is 2.80. The Morgan fingerprint density at radius 2 is 2.07 bits per heavy atom. The third-order valence-electron chi connectivity index (χ3n) is 4.19. The molecule has 0 bridgehead atoms. The number of anilines is 2. The van der Waals surface area contributed by atoms with E-state index in [9.17, 15) is 18.0 Å². The summed E-state index contributed by atoms with van der Waals surface area (Å²) in [6.07, 6.45) is -0.464. The monoisotopic (exact) mass is 404 g/mol. The molecular weight excluding hydrogens is 389 g/mol. The van der Waals surface area contributed by atoms with E-state index < -0.39 is 11.9 Å². The lowest BCUT2D eigenvalue weighted by molar-refractivity contribution is -0.141. The maximum atomic E-state index is 12.8. The summed E-state index contributed by atoms with van der Waals surface area (Å²) >= 11 is 0. The molecule has 1 fully saturated rings. The van der Waals surface area contributed by atoms with Crippen molar-refractivity contribution >= 4 is 17.7 Å². The summed E-state index contributed by atoms with van der Waals surface area (Å²) in [5.41, 5.74) is 1.08. The molecule has 4 rings (SSSR count). The summed E-state index contributed by atoms with van der Waals surface area (Å²) in [6, 6.07) is 7.84. The number of carbonyl (C=O) groups excluding carboxylic acids is 1. The van der Waals surface area contributed by atoms with Gasteiger partial charge in [0.15, 0.2) is 0 Å². The molecule has 3 aromatic rings. The molecule has 1 saturated heterocycles. The SMILES string of the molecule is O=C1OCCN1Cn1cc(-c2cccc(Nc3nccc(C(F)(F)F)n3)c2)cn1. The first-order chi connectivity index (χ1) is 13.9. The van der Waals surface area contributed by atoms with Gasteiger partial charge in [0, 0.05) is 23.6 Å². The maximum absolute atomic E-state index is 12.8. The minimum absolute atomic E-state index is 0.153. The van der Waals surface area contributed by atoms with Crippen LogP contribution in [-0.2, 0) is 17.6 Å². The number of carbonyl (C=O) groups is 1. The standard InChI is InChI=1S/C18H15F3N6O2/c19-18(20,21)15-4-5-22-16(25-15)24-14-3-1-2-12(8-14)13-9-23-27(10-13)11-26-6-7-29-17(26)28/h1-5,8-10H,6-7,11H2,(H,22,24,25). The first-order valence-corrected chi connectivity index (χ1v) is 8.60. The van der Waals surface area contributed by atoms with Crippen LogP contribution in [0.5, 0.6) is 0 Å². The largest absolute Gasteiger partial charge is 0.447 e. The summed E-state index contributed by atoms with van der Waals surface area (Å²) in [7, 11) is 0. The summed E-state index contributed by atoms with van der Waals surface area (Å²) in [6.45, 7) is 1.14. The number of halogens is 3. The van der Waals surface area contributed by atoms with Crippen LogP contribution in [0.4, 0.5) is 29.6 Å². The summed E-state index contributed by atoms with van der Waals surface area (Å²) in [5, 5.41) is 7.02. The van der Waals surface area contributed by atoms with Crippen molar-refractivity contribution in [1.82, 2.24) is 24.6 Å². The molecule has 0 radical (unpaired) electrons. The molecule has 2 aromatic heterocycles. The summed E-state index contributed by atoms with van der Waals surface area (Å²) in [5.74, 6) is -0.153. The number of amides is 1. The Hall–Kier alpha value is -3.63. The predicted molar refractivity (Wildman–Crippen MR) is 96.0 cm³/mol. The number of cyclic esters (lactones) is 1. The molecule has 1 aliphatic rings. The van der Waals surface area contributed by atoms with Gasteiger partial charge < -0.3 is 10.1 Å². The Morgan fingerprint density at radius 1 is 1.21 bits per heavy atom. The number of alkyl halides is 3. The van der Waals surface area contributed by atoms with E-state index >= 15 is 0 Å². The Morgan fingerprint density at radius 3 is 2.83 bits per heavy atom. The molecule has 11 heteroatoms. The highest BCUT2D eigenvalue weighted by molar-refractivity contribution is 5.69. The number of benzene rings is 1. The Labute approximate surface area is 162 Å². The van der Waals surface area contributed by atoms with Crippen molar-refractivity contribution in [3.63, 3.8) is 0 Å². The van der Waals surface area contributed by atoms with Gasteiger partial charge in [-0.1, -0.05) is 12.1 Å². The van der Waals surface area contributed by atoms with Crippen LogP contribution in [0.15, 0.2) is 48.9 Å². The Bertz CT molecular complexity index is 1040. The number of nitrogens with one attached hydrogen (secondary N) is 1. The highest BCUT2D eigenvalue weighted by atomic mass is 19.4. The molecule has 1 N–H and O–H groups in total. The maximum Gasteiger partial charge on any atom is 0.433 e. The van der Waals surface area contributed by atoms with Crippen LogP contribution in [-0.4, -0.2) is 43.9 Å². The number of hydrogen-bond acceptors (Lipinski definition) is 6. The second kappa shape index (κ2) is 7.41. The van der Waals surface area contributed by atoms with E-state index in [1.807, 2.05) is 6.07 Å². The average molecular weight is 404 g/mol. The molecule has 0 saturated carbocycles. The molecule has 8 nitrogen and oxygen atoms in total. The van der Waals surface area contributed by atoms with E-state index in [1.165, 1.54) is 4.90 Å². The third kappa shape index (κ3) is 4.28. The molecule has 0 aliphatic carbocycles. The molecule has 0 atom stereocenters. The number of nitrogens with zero attached hydrogens (tertiary/aromatic N) is 5. The molecule has 150 valence electrons. The Balaban J connectivity index is 1.50. The van der Waals surface area contributed by atoms with Crippen LogP contribution >= 0.6 is 0 Å². The zero-order valence-electron chi connectivity index (χ0n) is 14.9. The second-order valence-corrected chi connectivity index (χ2v) is 6.26. The number of rotatable bonds is 5. The van der Waals surface area contributed by atoms with E-state index in [2.05, 4.69) is 20.4 Å². The lowest BCUT2D eigenvalue weighted by atomic mass is 10.1. The summed E-state index contributed by atoms with van der Waals surface area (Å²) in [4.78, 5) is 20.4. The highest BCUT2D eigenvalue weighted by Crippen LogP contribution is 2.28. The molecule has 0 spiro atoms. The van der Waals surface area contributed by atoms with Gasteiger partial charge in [-0.15, -0.1) is 0 Å². The van der Waals surface area contributed by atoms with Crippen LogP contribution in [0.2, 0.25) is 0 Å². The minimum Gasteiger partial charge on any atom is -0.447 e. The van der Waals surface area contributed by atoms with Crippen molar-refractivity contribution in [2.75, 3.05) is 18.5 Å². The number of aromatic nitrogens is 4. The molecule has 1 aliphatic heterocycles. The molecule has 3 heterocycles. The molecular formula is C18H15F3N6O2. The van der Waals surface area contributed by atoms with Gasteiger partial charge in [-0.25, -0.2) is 14.8 Å². The van der Waals surface area contributed by atoms with Crippen LogP contribution < -0.4 is 5.32 Å². The highest BCUT2D eigenvalue weighted by Gasteiger charge is 2.32. The lowest BCUT2D eigenvalue weighted by Crippen LogP contribution is -2.27. The Kier molecular flexibility index (Phi) is 4.79. The lowest BCUT2D eigenvalue weighted by Gasteiger charge is -2.11. The quantitative estimate of drug-likeness (QED) is 0.701. The molecule has 1 aromatic carbocycles. The number of ether oxygens (including phenoxy) is 1. The second-order valence-electron chi connectivity index (χ2n) is 6.26. The van der Waals surface area contributed by atoms with E-state index in [-0.39, 0.29) is 18.7 Å². The van der Waals surface area contributed by atoms with Crippen LogP contribution in [0.25, 0.3) is 11.1 Å². The predicted octanol–water partition coefficient (Wildman–Crippen LogP) is 3.51. The van der Waals surface area contributed by atoms with Gasteiger partial charge >= 0.3 is 12.3 Å². The number of hydrogen-bond donors (Lipinski definition) is 1.